The summed E-state index contributed by atoms with van der Waals surface area (Å²) in [7, 11) is 0. The Morgan fingerprint density at radius 3 is 2.23 bits per heavy atom. The van der Waals surface area contributed by atoms with E-state index in [1.54, 1.807) is 0 Å². The first-order chi connectivity index (χ1) is 14.9. The number of hydrogen-bond donors (Lipinski definition) is 1. The molecular weight excluding hydrogens is 368 g/mol. The van der Waals surface area contributed by atoms with Crippen LogP contribution in [0.15, 0.2) is 24.3 Å². The first-order valence-electron chi connectivity index (χ1n) is 12.8. The van der Waals surface area contributed by atoms with Crippen LogP contribution >= 0.6 is 0 Å². The minimum absolute atomic E-state index is 0.582. The summed E-state index contributed by atoms with van der Waals surface area (Å²) in [5, 5.41) is 3.57. The van der Waals surface area contributed by atoms with Crippen LogP contribution in [0.4, 0.5) is 0 Å². The number of aromatic nitrogens is 2. The van der Waals surface area contributed by atoms with Crippen LogP contribution in [0.3, 0.4) is 0 Å². The van der Waals surface area contributed by atoms with Crippen molar-refractivity contribution >= 4 is 11.0 Å². The summed E-state index contributed by atoms with van der Waals surface area (Å²) >= 11 is 0. The van der Waals surface area contributed by atoms with Crippen molar-refractivity contribution in [3.05, 3.63) is 30.1 Å². The molecule has 2 aromatic rings. The molecule has 1 aromatic heterocycles. The highest BCUT2D eigenvalue weighted by Gasteiger charge is 2.45. The van der Waals surface area contributed by atoms with Crippen LogP contribution in [-0.4, -0.2) is 45.7 Å². The molecule has 2 bridgehead atoms. The van der Waals surface area contributed by atoms with Gasteiger partial charge in [-0.15, -0.1) is 0 Å². The van der Waals surface area contributed by atoms with Gasteiger partial charge in [-0.05, 0) is 63.6 Å². The second kappa shape index (κ2) is 8.27. The summed E-state index contributed by atoms with van der Waals surface area (Å²) < 4.78 is 2.70. The Morgan fingerprint density at radius 1 is 0.767 bits per heavy atom. The van der Waals surface area contributed by atoms with Crippen molar-refractivity contribution in [3.63, 3.8) is 0 Å². The summed E-state index contributed by atoms with van der Waals surface area (Å²) in [5.74, 6) is 1.95. The topological polar surface area (TPSA) is 33.1 Å². The quantitative estimate of drug-likeness (QED) is 0.741. The van der Waals surface area contributed by atoms with Gasteiger partial charge in [0.15, 0.2) is 0 Å². The molecule has 4 heteroatoms. The molecule has 4 aliphatic rings. The van der Waals surface area contributed by atoms with Crippen LogP contribution in [0.25, 0.3) is 11.0 Å². The summed E-state index contributed by atoms with van der Waals surface area (Å²) in [6, 6.07) is 12.0. The van der Waals surface area contributed by atoms with Crippen LogP contribution in [0.5, 0.6) is 0 Å². The smallest absolute Gasteiger partial charge is 0.114 e. The van der Waals surface area contributed by atoms with Crippen molar-refractivity contribution in [1.29, 1.82) is 0 Å². The van der Waals surface area contributed by atoms with Gasteiger partial charge in [0.1, 0.15) is 5.82 Å². The van der Waals surface area contributed by atoms with Crippen molar-refractivity contribution in [2.75, 3.05) is 13.1 Å². The van der Waals surface area contributed by atoms with E-state index in [2.05, 4.69) is 39.0 Å². The Hall–Kier alpha value is -1.39. The average Bonchev–Trinajstić information content (AvgIpc) is 3.44. The molecule has 4 nitrogen and oxygen atoms in total. The third kappa shape index (κ3) is 3.40. The van der Waals surface area contributed by atoms with Gasteiger partial charge in [0, 0.05) is 36.6 Å². The second-order valence-corrected chi connectivity index (χ2v) is 10.5. The minimum atomic E-state index is 0.582. The van der Waals surface area contributed by atoms with Gasteiger partial charge in [0.25, 0.3) is 0 Å². The van der Waals surface area contributed by atoms with Crippen LogP contribution in [0.1, 0.15) is 94.8 Å². The van der Waals surface area contributed by atoms with Gasteiger partial charge < -0.3 is 9.88 Å². The molecule has 6 rings (SSSR count). The number of hydrogen-bond acceptors (Lipinski definition) is 3. The fourth-order valence-electron chi connectivity index (χ4n) is 7.33. The highest BCUT2D eigenvalue weighted by molar-refractivity contribution is 5.76. The second-order valence-electron chi connectivity index (χ2n) is 10.5. The first-order valence-corrected chi connectivity index (χ1v) is 12.8. The van der Waals surface area contributed by atoms with Crippen molar-refractivity contribution in [1.82, 2.24) is 19.8 Å². The van der Waals surface area contributed by atoms with Gasteiger partial charge in [-0.25, -0.2) is 4.98 Å². The van der Waals surface area contributed by atoms with E-state index in [1.165, 1.54) is 93.9 Å². The number of benzene rings is 1. The fraction of sp³-hybridized carbons (Fsp3) is 0.731. The lowest BCUT2D eigenvalue weighted by molar-refractivity contribution is 0.0496. The molecule has 0 spiro atoms. The zero-order valence-electron chi connectivity index (χ0n) is 18.4. The zero-order valence-corrected chi connectivity index (χ0v) is 18.4. The molecule has 1 aliphatic carbocycles. The van der Waals surface area contributed by atoms with E-state index >= 15 is 0 Å². The van der Waals surface area contributed by atoms with Gasteiger partial charge in [0.2, 0.25) is 0 Å². The third-order valence-corrected chi connectivity index (χ3v) is 8.67. The molecular formula is C26H38N4. The van der Waals surface area contributed by atoms with E-state index in [-0.39, 0.29) is 0 Å². The lowest BCUT2D eigenvalue weighted by Gasteiger charge is -2.45. The predicted octanol–water partition coefficient (Wildman–Crippen LogP) is 5.39. The van der Waals surface area contributed by atoms with E-state index in [0.717, 1.165) is 31.2 Å². The zero-order chi connectivity index (χ0) is 19.9. The lowest BCUT2D eigenvalue weighted by atomic mass is 9.89. The van der Waals surface area contributed by atoms with Gasteiger partial charge in [-0.2, -0.15) is 0 Å². The number of piperidine rings is 1. The summed E-state index contributed by atoms with van der Waals surface area (Å²) in [5.41, 5.74) is 2.58. The van der Waals surface area contributed by atoms with Crippen molar-refractivity contribution < 1.29 is 0 Å². The summed E-state index contributed by atoms with van der Waals surface area (Å²) in [6.07, 6.45) is 16.9. The van der Waals surface area contributed by atoms with Crippen LogP contribution in [0.2, 0.25) is 0 Å². The maximum atomic E-state index is 5.18. The Labute approximate surface area is 181 Å². The van der Waals surface area contributed by atoms with E-state index < -0.39 is 0 Å². The Bertz CT molecular complexity index is 845. The Kier molecular flexibility index (Phi) is 5.32. The molecule has 1 aromatic carbocycles. The number of imidazole rings is 1. The molecule has 4 fully saturated rings. The van der Waals surface area contributed by atoms with E-state index in [9.17, 15) is 0 Å². The Balaban J connectivity index is 1.29. The molecule has 3 atom stereocenters. The number of nitrogens with one attached hydrogen (secondary N) is 1. The number of nitrogens with zero attached hydrogens (tertiary/aromatic N) is 3. The molecule has 4 heterocycles. The van der Waals surface area contributed by atoms with Crippen LogP contribution < -0.4 is 5.32 Å². The highest BCUT2D eigenvalue weighted by atomic mass is 15.3. The summed E-state index contributed by atoms with van der Waals surface area (Å²) in [4.78, 5) is 8.21. The molecule has 0 amide bonds. The van der Waals surface area contributed by atoms with Gasteiger partial charge in [-0.3, -0.25) is 4.90 Å². The maximum absolute atomic E-state index is 5.18. The first kappa shape index (κ1) is 19.3. The van der Waals surface area contributed by atoms with Crippen molar-refractivity contribution in [3.8, 4) is 0 Å². The molecule has 1 saturated carbocycles. The van der Waals surface area contributed by atoms with Crippen LogP contribution in [0, 0.1) is 0 Å². The molecule has 30 heavy (non-hydrogen) atoms. The molecule has 0 radical (unpaired) electrons. The van der Waals surface area contributed by atoms with Gasteiger partial charge >= 0.3 is 0 Å². The fourth-order valence-corrected chi connectivity index (χ4v) is 7.33. The molecule has 162 valence electrons. The highest BCUT2D eigenvalue weighted by Crippen LogP contribution is 2.45. The average molecular weight is 407 g/mol. The van der Waals surface area contributed by atoms with Crippen molar-refractivity contribution in [2.24, 2.45) is 0 Å². The summed E-state index contributed by atoms with van der Waals surface area (Å²) in [6.45, 7) is 2.23. The number of rotatable bonds is 3. The van der Waals surface area contributed by atoms with E-state index in [0.29, 0.717) is 12.0 Å². The standard InChI is InChI=1S/C26H38N4/c1-2-4-8-20(9-5-3-1)29-21-12-13-22(29)17-23(16-21)30-25-11-7-6-10-24(25)28-26(30)19-14-15-27-18-19/h6-7,10-11,19-23,27H,1-5,8-9,12-18H2. The molecule has 3 unspecified atom stereocenters. The predicted molar refractivity (Wildman–Crippen MR) is 123 cm³/mol. The van der Waals surface area contributed by atoms with Crippen molar-refractivity contribution in [2.45, 2.75) is 107 Å². The van der Waals surface area contributed by atoms with E-state index in [4.69, 9.17) is 4.98 Å². The minimum Gasteiger partial charge on any atom is -0.324 e. The monoisotopic (exact) mass is 406 g/mol. The number of para-hydroxylation sites is 2. The maximum Gasteiger partial charge on any atom is 0.114 e. The van der Waals surface area contributed by atoms with Gasteiger partial charge in [0.05, 0.1) is 11.0 Å². The van der Waals surface area contributed by atoms with E-state index in [1.807, 2.05) is 0 Å². The van der Waals surface area contributed by atoms with Gasteiger partial charge in [-0.1, -0.05) is 44.2 Å². The molecule has 1 N–H and O–H groups in total. The SMILES string of the molecule is c1ccc2c(c1)nc(C1CCNC1)n2C1CC2CCC(C1)N2C1CCCCCCC1. The lowest BCUT2D eigenvalue weighted by Crippen LogP contribution is -2.49. The molecule has 3 aliphatic heterocycles. The molecule has 3 saturated heterocycles. The Morgan fingerprint density at radius 2 is 1.50 bits per heavy atom. The number of fused-ring (bicyclic) bond motifs is 3. The largest absolute Gasteiger partial charge is 0.324 e. The normalized spacial score (nSPS) is 33.7. The third-order valence-electron chi connectivity index (χ3n) is 8.67. The van der Waals surface area contributed by atoms with Crippen LogP contribution in [-0.2, 0) is 0 Å².